The Kier molecular flexibility index (Phi) is 8.37. The molecule has 0 aromatic heterocycles. The molecule has 33 heavy (non-hydrogen) atoms. The Morgan fingerprint density at radius 1 is 1.06 bits per heavy atom. The van der Waals surface area contributed by atoms with Gasteiger partial charge < -0.3 is 14.8 Å². The Hall–Kier alpha value is -2.58. The van der Waals surface area contributed by atoms with Gasteiger partial charge in [-0.25, -0.2) is 8.42 Å². The highest BCUT2D eigenvalue weighted by molar-refractivity contribution is 7.89. The number of carbonyl (C=O) groups excluding carboxylic acids is 1. The van der Waals surface area contributed by atoms with Crippen molar-refractivity contribution in [3.05, 3.63) is 53.6 Å². The highest BCUT2D eigenvalue weighted by Gasteiger charge is 2.33. The summed E-state index contributed by atoms with van der Waals surface area (Å²) in [6, 6.07) is 13.1. The lowest BCUT2D eigenvalue weighted by Gasteiger charge is -2.31. The molecule has 1 saturated heterocycles. The summed E-state index contributed by atoms with van der Waals surface area (Å²) in [7, 11) is -0.594. The van der Waals surface area contributed by atoms with E-state index in [1.165, 1.54) is 11.4 Å². The van der Waals surface area contributed by atoms with Crippen molar-refractivity contribution in [3.8, 4) is 11.5 Å². The number of nitrogens with zero attached hydrogens (tertiary/aromatic N) is 1. The number of hydrogen-bond donors (Lipinski definition) is 1. The molecule has 180 valence electrons. The minimum Gasteiger partial charge on any atom is -0.497 e. The molecule has 3 rings (SSSR count). The predicted octanol–water partition coefficient (Wildman–Crippen LogP) is 3.59. The third kappa shape index (κ3) is 6.06. The first-order valence-electron chi connectivity index (χ1n) is 11.3. The zero-order valence-electron chi connectivity index (χ0n) is 19.8. The lowest BCUT2D eigenvalue weighted by atomic mass is 9.97. The van der Waals surface area contributed by atoms with E-state index < -0.39 is 10.0 Å². The normalized spacial score (nSPS) is 15.4. The number of methoxy groups -OCH3 is 2. The molecule has 1 N–H and O–H groups in total. The average Bonchev–Trinajstić information content (AvgIpc) is 2.84. The number of carbonyl (C=O) groups is 1. The quantitative estimate of drug-likeness (QED) is 0.600. The van der Waals surface area contributed by atoms with Crippen LogP contribution in [-0.4, -0.2) is 52.5 Å². The van der Waals surface area contributed by atoms with Crippen LogP contribution in [0.15, 0.2) is 47.4 Å². The van der Waals surface area contributed by atoms with Crippen molar-refractivity contribution in [1.29, 1.82) is 0 Å². The lowest BCUT2D eigenvalue weighted by Crippen LogP contribution is -2.43. The molecule has 2 aromatic carbocycles. The second kappa shape index (κ2) is 11.0. The smallest absolute Gasteiger partial charge is 0.246 e. The van der Waals surface area contributed by atoms with Crippen LogP contribution in [0.2, 0.25) is 0 Å². The van der Waals surface area contributed by atoms with E-state index in [2.05, 4.69) is 5.32 Å². The van der Waals surface area contributed by atoms with Crippen LogP contribution in [0.4, 0.5) is 0 Å². The Labute approximate surface area is 197 Å². The van der Waals surface area contributed by atoms with Crippen molar-refractivity contribution < 1.29 is 22.7 Å². The molecule has 0 unspecified atom stereocenters. The first-order chi connectivity index (χ1) is 15.8. The third-order valence-corrected chi connectivity index (χ3v) is 8.09. The molecule has 0 bridgehead atoms. The summed E-state index contributed by atoms with van der Waals surface area (Å²) in [6.07, 6.45) is 1.73. The summed E-state index contributed by atoms with van der Waals surface area (Å²) >= 11 is 0. The number of rotatable bonds is 9. The van der Waals surface area contributed by atoms with E-state index in [1.807, 2.05) is 44.2 Å². The van der Waals surface area contributed by atoms with Crippen LogP contribution in [0.25, 0.3) is 0 Å². The minimum absolute atomic E-state index is 0.0139. The van der Waals surface area contributed by atoms with Crippen LogP contribution >= 0.6 is 0 Å². The first kappa shape index (κ1) is 25.1. The molecule has 7 nitrogen and oxygen atoms in total. The summed E-state index contributed by atoms with van der Waals surface area (Å²) in [5.41, 5.74) is 2.06. The fraction of sp³-hybridized carbons (Fsp3) is 0.480. The van der Waals surface area contributed by atoms with Crippen molar-refractivity contribution in [3.63, 3.8) is 0 Å². The van der Waals surface area contributed by atoms with Gasteiger partial charge >= 0.3 is 0 Å². The molecule has 0 spiro atoms. The number of benzene rings is 2. The zero-order valence-corrected chi connectivity index (χ0v) is 20.7. The van der Waals surface area contributed by atoms with Gasteiger partial charge in [-0.3, -0.25) is 4.79 Å². The number of nitrogens with one attached hydrogen (secondary N) is 1. The summed E-state index contributed by atoms with van der Waals surface area (Å²) in [6.45, 7) is 5.22. The number of sulfonamides is 1. The summed E-state index contributed by atoms with van der Waals surface area (Å²) < 4.78 is 38.6. The molecule has 2 aromatic rings. The predicted molar refractivity (Wildman–Crippen MR) is 128 cm³/mol. The van der Waals surface area contributed by atoms with Gasteiger partial charge in [0.05, 0.1) is 14.2 Å². The maximum absolute atomic E-state index is 13.3. The van der Waals surface area contributed by atoms with E-state index in [9.17, 15) is 13.2 Å². The van der Waals surface area contributed by atoms with Crippen molar-refractivity contribution in [1.82, 2.24) is 9.62 Å². The molecule has 0 aliphatic carbocycles. The van der Waals surface area contributed by atoms with Gasteiger partial charge in [0.15, 0.2) is 0 Å². The van der Waals surface area contributed by atoms with E-state index in [0.717, 1.165) is 23.3 Å². The summed E-state index contributed by atoms with van der Waals surface area (Å²) in [4.78, 5) is 12.8. The van der Waals surface area contributed by atoms with Crippen LogP contribution in [0.5, 0.6) is 11.5 Å². The Bertz CT molecular complexity index is 1040. The van der Waals surface area contributed by atoms with Crippen LogP contribution in [-0.2, 0) is 21.2 Å². The van der Waals surface area contributed by atoms with Crippen LogP contribution in [0.3, 0.4) is 0 Å². The van der Waals surface area contributed by atoms with E-state index >= 15 is 0 Å². The van der Waals surface area contributed by atoms with Gasteiger partial charge in [-0.15, -0.1) is 0 Å². The fourth-order valence-electron chi connectivity index (χ4n) is 4.02. The van der Waals surface area contributed by atoms with Crippen LogP contribution < -0.4 is 14.8 Å². The lowest BCUT2D eigenvalue weighted by molar-refractivity contribution is -0.126. The maximum atomic E-state index is 13.3. The van der Waals surface area contributed by atoms with Crippen molar-refractivity contribution in [2.75, 3.05) is 33.9 Å². The van der Waals surface area contributed by atoms with Crippen molar-refractivity contribution >= 4 is 15.9 Å². The molecular formula is C25H34N2O5S. The largest absolute Gasteiger partial charge is 0.497 e. The van der Waals surface area contributed by atoms with Gasteiger partial charge in [0.2, 0.25) is 15.9 Å². The molecule has 0 saturated carbocycles. The van der Waals surface area contributed by atoms with Crippen LogP contribution in [0.1, 0.15) is 43.7 Å². The van der Waals surface area contributed by atoms with Gasteiger partial charge in [0.1, 0.15) is 16.4 Å². The van der Waals surface area contributed by atoms with Gasteiger partial charge in [0.25, 0.3) is 0 Å². The van der Waals surface area contributed by atoms with Gasteiger partial charge in [-0.2, -0.15) is 4.31 Å². The number of amides is 1. The Balaban J connectivity index is 1.56. The monoisotopic (exact) mass is 474 g/mol. The van der Waals surface area contributed by atoms with E-state index in [0.29, 0.717) is 38.2 Å². The average molecular weight is 475 g/mol. The standard InChI is InChI=1S/C25H34N2O5S/c1-18(2)21-7-10-23(32-4)24(17-21)33(29,30)27-15-12-20(13-16-27)25(28)26-14-11-19-5-8-22(31-3)9-6-19/h5-10,17-18,20H,11-16H2,1-4H3,(H,26,28). The molecule has 0 atom stereocenters. The van der Waals surface area contributed by atoms with E-state index in [1.54, 1.807) is 19.2 Å². The molecule has 1 amide bonds. The molecule has 8 heteroatoms. The summed E-state index contributed by atoms with van der Waals surface area (Å²) in [5, 5.41) is 2.99. The van der Waals surface area contributed by atoms with Gasteiger partial charge in [-0.05, 0) is 60.6 Å². The molecule has 1 fully saturated rings. The fourth-order valence-corrected chi connectivity index (χ4v) is 5.68. The first-order valence-corrected chi connectivity index (χ1v) is 12.8. The third-order valence-electron chi connectivity index (χ3n) is 6.17. The number of ether oxygens (including phenoxy) is 2. The molecule has 1 heterocycles. The minimum atomic E-state index is -3.70. The van der Waals surface area contributed by atoms with Crippen LogP contribution in [0, 0.1) is 5.92 Å². The van der Waals surface area contributed by atoms with Crippen molar-refractivity contribution in [2.45, 2.75) is 43.9 Å². The highest BCUT2D eigenvalue weighted by atomic mass is 32.2. The number of piperidine rings is 1. The maximum Gasteiger partial charge on any atom is 0.246 e. The highest BCUT2D eigenvalue weighted by Crippen LogP contribution is 2.32. The Morgan fingerprint density at radius 2 is 1.73 bits per heavy atom. The van der Waals surface area contributed by atoms with Gasteiger partial charge in [0, 0.05) is 25.6 Å². The topological polar surface area (TPSA) is 84.9 Å². The zero-order chi connectivity index (χ0) is 24.0. The van der Waals surface area contributed by atoms with E-state index in [-0.39, 0.29) is 22.6 Å². The summed E-state index contributed by atoms with van der Waals surface area (Å²) in [5.74, 6) is 1.16. The molecule has 1 aliphatic rings. The molecule has 1 aliphatic heterocycles. The number of hydrogen-bond acceptors (Lipinski definition) is 5. The molecule has 0 radical (unpaired) electrons. The van der Waals surface area contributed by atoms with Crippen molar-refractivity contribution in [2.24, 2.45) is 5.92 Å². The second-order valence-corrected chi connectivity index (χ2v) is 10.5. The SMILES string of the molecule is COc1ccc(CCNC(=O)C2CCN(S(=O)(=O)c3cc(C(C)C)ccc3OC)CC2)cc1. The van der Waals surface area contributed by atoms with Gasteiger partial charge in [-0.1, -0.05) is 32.0 Å². The second-order valence-electron chi connectivity index (χ2n) is 8.63. The van der Waals surface area contributed by atoms with E-state index in [4.69, 9.17) is 9.47 Å². The Morgan fingerprint density at radius 3 is 2.30 bits per heavy atom. The molecular weight excluding hydrogens is 440 g/mol.